The maximum absolute atomic E-state index is 14.1. The fourth-order valence-corrected chi connectivity index (χ4v) is 5.97. The number of hydrogen-bond donors (Lipinski definition) is 1. The Bertz CT molecular complexity index is 1450. The highest BCUT2D eigenvalue weighted by Gasteiger charge is 2.33. The van der Waals surface area contributed by atoms with Crippen LogP contribution < -0.4 is 14.4 Å². The lowest BCUT2D eigenvalue weighted by Crippen LogP contribution is -2.52. The summed E-state index contributed by atoms with van der Waals surface area (Å²) in [6.07, 6.45) is 1.04. The molecule has 3 rings (SSSR count). The van der Waals surface area contributed by atoms with Crippen molar-refractivity contribution in [2.45, 2.75) is 51.1 Å². The van der Waals surface area contributed by atoms with Crippen LogP contribution in [0.5, 0.6) is 5.75 Å². The molecule has 1 N–H and O–H groups in total. The highest BCUT2D eigenvalue weighted by molar-refractivity contribution is 7.92. The Hall–Kier alpha value is -3.27. The monoisotopic (exact) mass is 619 g/mol. The molecule has 0 heterocycles. The van der Waals surface area contributed by atoms with Crippen LogP contribution in [0.1, 0.15) is 37.8 Å². The van der Waals surface area contributed by atoms with E-state index in [0.717, 1.165) is 16.3 Å². The number of methoxy groups -OCH3 is 1. The minimum atomic E-state index is -4.17. The first kappa shape index (κ1) is 32.2. The molecule has 3 aromatic rings. The Morgan fingerprint density at radius 1 is 0.951 bits per heavy atom. The summed E-state index contributed by atoms with van der Waals surface area (Å²) in [5.74, 6) is -0.339. The number of rotatable bonds is 13. The van der Waals surface area contributed by atoms with Gasteiger partial charge in [0.1, 0.15) is 18.3 Å². The summed E-state index contributed by atoms with van der Waals surface area (Å²) in [5.41, 5.74) is 1.82. The summed E-state index contributed by atoms with van der Waals surface area (Å²) in [5, 5.41) is 3.52. The molecular formula is C30H35Cl2N3O5S. The van der Waals surface area contributed by atoms with Gasteiger partial charge in [0.2, 0.25) is 11.8 Å². The molecule has 0 spiro atoms. The topological polar surface area (TPSA) is 96.0 Å². The Kier molecular flexibility index (Phi) is 11.5. The highest BCUT2D eigenvalue weighted by atomic mass is 35.5. The Labute approximate surface area is 252 Å². The van der Waals surface area contributed by atoms with Crippen LogP contribution >= 0.6 is 23.2 Å². The minimum absolute atomic E-state index is 0.0226. The van der Waals surface area contributed by atoms with Crippen molar-refractivity contribution < 1.29 is 22.7 Å². The molecule has 0 aromatic heterocycles. The van der Waals surface area contributed by atoms with Crippen molar-refractivity contribution in [3.63, 3.8) is 0 Å². The summed E-state index contributed by atoms with van der Waals surface area (Å²) in [4.78, 5) is 28.7. The average molecular weight is 621 g/mol. The van der Waals surface area contributed by atoms with E-state index in [4.69, 9.17) is 27.9 Å². The number of nitrogens with zero attached hydrogens (tertiary/aromatic N) is 2. The van der Waals surface area contributed by atoms with Gasteiger partial charge in [-0.05, 0) is 73.9 Å². The number of hydrogen-bond acceptors (Lipinski definition) is 5. The van der Waals surface area contributed by atoms with Crippen LogP contribution in [0.25, 0.3) is 0 Å². The highest BCUT2D eigenvalue weighted by Crippen LogP contribution is 2.28. The molecule has 41 heavy (non-hydrogen) atoms. The van der Waals surface area contributed by atoms with Crippen LogP contribution in [0.2, 0.25) is 10.0 Å². The van der Waals surface area contributed by atoms with Gasteiger partial charge in [-0.1, -0.05) is 60.8 Å². The van der Waals surface area contributed by atoms with Gasteiger partial charge < -0.3 is 15.0 Å². The normalized spacial score (nSPS) is 12.0. The van der Waals surface area contributed by atoms with Crippen molar-refractivity contribution in [2.24, 2.45) is 0 Å². The standard InChI is InChI=1S/C30H35Cl2N3O5S/c1-5-17-33-30(37)28(6-2)34(19-22-9-16-26(31)27(32)18-22)29(36)20-35(23-10-12-24(40-4)13-11-23)41(38,39)25-14-7-21(3)8-15-25/h7-16,18,28H,5-6,17,19-20H2,1-4H3,(H,33,37)/t28-/m0/s1. The van der Waals surface area contributed by atoms with Crippen LogP contribution in [0.3, 0.4) is 0 Å². The molecule has 0 saturated heterocycles. The fraction of sp³-hybridized carbons (Fsp3) is 0.333. The predicted molar refractivity (Wildman–Crippen MR) is 163 cm³/mol. The third kappa shape index (κ3) is 8.15. The number of ether oxygens (including phenoxy) is 1. The molecule has 0 aliphatic carbocycles. The summed E-state index contributed by atoms with van der Waals surface area (Å²) in [7, 11) is -2.66. The molecule has 0 aliphatic heterocycles. The molecule has 1 atom stereocenters. The van der Waals surface area contributed by atoms with Crippen LogP contribution in [-0.4, -0.2) is 51.4 Å². The van der Waals surface area contributed by atoms with Gasteiger partial charge in [-0.15, -0.1) is 0 Å². The summed E-state index contributed by atoms with van der Waals surface area (Å²) < 4.78 is 34.1. The van der Waals surface area contributed by atoms with E-state index >= 15 is 0 Å². The van der Waals surface area contributed by atoms with E-state index in [0.29, 0.717) is 34.3 Å². The van der Waals surface area contributed by atoms with Crippen molar-refractivity contribution in [2.75, 3.05) is 24.5 Å². The van der Waals surface area contributed by atoms with Crippen molar-refractivity contribution in [1.82, 2.24) is 10.2 Å². The molecule has 8 nitrogen and oxygen atoms in total. The molecule has 2 amide bonds. The van der Waals surface area contributed by atoms with Crippen molar-refractivity contribution in [1.29, 1.82) is 0 Å². The third-order valence-corrected chi connectivity index (χ3v) is 9.05. The number of aryl methyl sites for hydroxylation is 1. The molecular weight excluding hydrogens is 585 g/mol. The van der Waals surface area contributed by atoms with Crippen molar-refractivity contribution in [3.05, 3.63) is 87.9 Å². The lowest BCUT2D eigenvalue weighted by atomic mass is 10.1. The Balaban J connectivity index is 2.06. The minimum Gasteiger partial charge on any atom is -0.497 e. The second kappa shape index (κ2) is 14.6. The van der Waals surface area contributed by atoms with Gasteiger partial charge in [0, 0.05) is 13.1 Å². The molecule has 0 bridgehead atoms. The average Bonchev–Trinajstić information content (AvgIpc) is 2.96. The van der Waals surface area contributed by atoms with E-state index < -0.39 is 28.5 Å². The first-order valence-electron chi connectivity index (χ1n) is 13.3. The quantitative estimate of drug-likeness (QED) is 0.259. The number of benzene rings is 3. The van der Waals surface area contributed by atoms with Gasteiger partial charge in [0.05, 0.1) is 27.7 Å². The molecule has 3 aromatic carbocycles. The first-order valence-corrected chi connectivity index (χ1v) is 15.5. The number of sulfonamides is 1. The molecule has 0 saturated carbocycles. The maximum atomic E-state index is 14.1. The zero-order chi connectivity index (χ0) is 30.2. The number of carbonyl (C=O) groups is 2. The van der Waals surface area contributed by atoms with Gasteiger partial charge in [-0.25, -0.2) is 8.42 Å². The number of nitrogens with one attached hydrogen (secondary N) is 1. The number of anilines is 1. The van der Waals surface area contributed by atoms with E-state index in [1.807, 2.05) is 13.8 Å². The second-order valence-corrected chi connectivity index (χ2v) is 12.2. The number of amides is 2. The van der Waals surface area contributed by atoms with E-state index in [9.17, 15) is 18.0 Å². The molecule has 220 valence electrons. The van der Waals surface area contributed by atoms with Crippen molar-refractivity contribution in [3.8, 4) is 5.75 Å². The third-order valence-electron chi connectivity index (χ3n) is 6.52. The van der Waals surface area contributed by atoms with Gasteiger partial charge >= 0.3 is 0 Å². The predicted octanol–water partition coefficient (Wildman–Crippen LogP) is 5.84. The van der Waals surface area contributed by atoms with E-state index in [1.54, 1.807) is 61.5 Å². The molecule has 11 heteroatoms. The zero-order valence-electron chi connectivity index (χ0n) is 23.6. The number of halogens is 2. The zero-order valence-corrected chi connectivity index (χ0v) is 25.9. The molecule has 0 aliphatic rings. The molecule has 0 unspecified atom stereocenters. The van der Waals surface area contributed by atoms with E-state index in [2.05, 4.69) is 5.32 Å². The summed E-state index contributed by atoms with van der Waals surface area (Å²) >= 11 is 12.3. The van der Waals surface area contributed by atoms with Gasteiger partial charge in [0.15, 0.2) is 0 Å². The molecule has 0 radical (unpaired) electrons. The second-order valence-electron chi connectivity index (χ2n) is 9.51. The number of carbonyl (C=O) groups excluding carboxylic acids is 2. The smallest absolute Gasteiger partial charge is 0.264 e. The van der Waals surface area contributed by atoms with Crippen molar-refractivity contribution >= 4 is 50.7 Å². The van der Waals surface area contributed by atoms with Crippen LogP contribution in [0.15, 0.2) is 71.6 Å². The summed E-state index contributed by atoms with van der Waals surface area (Å²) in [6.45, 7) is 5.52. The maximum Gasteiger partial charge on any atom is 0.264 e. The van der Waals surface area contributed by atoms with E-state index in [1.165, 1.54) is 24.1 Å². The Morgan fingerprint density at radius 3 is 2.17 bits per heavy atom. The van der Waals surface area contributed by atoms with Crippen LogP contribution in [0, 0.1) is 6.92 Å². The Morgan fingerprint density at radius 2 is 1.61 bits per heavy atom. The van der Waals surface area contributed by atoms with E-state index in [-0.39, 0.29) is 23.0 Å². The van der Waals surface area contributed by atoms with Gasteiger partial charge in [-0.2, -0.15) is 0 Å². The van der Waals surface area contributed by atoms with Crippen LogP contribution in [0.4, 0.5) is 5.69 Å². The first-order chi connectivity index (χ1) is 19.5. The largest absolute Gasteiger partial charge is 0.497 e. The summed E-state index contributed by atoms with van der Waals surface area (Å²) in [6, 6.07) is 16.9. The lowest BCUT2D eigenvalue weighted by molar-refractivity contribution is -0.140. The van der Waals surface area contributed by atoms with Crippen LogP contribution in [-0.2, 0) is 26.2 Å². The van der Waals surface area contributed by atoms with Gasteiger partial charge in [0.25, 0.3) is 10.0 Å². The lowest BCUT2D eigenvalue weighted by Gasteiger charge is -2.33. The van der Waals surface area contributed by atoms with Gasteiger partial charge in [-0.3, -0.25) is 13.9 Å². The SMILES string of the molecule is CCCNC(=O)[C@H](CC)N(Cc1ccc(Cl)c(Cl)c1)C(=O)CN(c1ccc(OC)cc1)S(=O)(=O)c1ccc(C)cc1. The molecule has 0 fully saturated rings. The fourth-order valence-electron chi connectivity index (χ4n) is 4.23.